The number of nitrogens with one attached hydrogen (secondary N) is 1. The first kappa shape index (κ1) is 13.3. The van der Waals surface area contributed by atoms with Crippen LogP contribution in [0.2, 0.25) is 0 Å². The third-order valence-electron chi connectivity index (χ3n) is 2.58. The molecule has 1 heterocycles. The standard InChI is InChI=1S/C15H17FN2O/c1-2-7-17-15-9-12(6-8-18-15)11-19-14-5-3-4-13(16)10-14/h3-6,8-10H,2,7,11H2,1H3,(H,17,18). The summed E-state index contributed by atoms with van der Waals surface area (Å²) in [6.07, 6.45) is 2.79. The zero-order valence-electron chi connectivity index (χ0n) is 10.9. The molecule has 0 fully saturated rings. The van der Waals surface area contributed by atoms with Crippen LogP contribution >= 0.6 is 0 Å². The third kappa shape index (κ3) is 4.25. The Hall–Kier alpha value is -2.10. The van der Waals surface area contributed by atoms with E-state index in [1.165, 1.54) is 12.1 Å². The SMILES string of the molecule is CCCNc1cc(COc2cccc(F)c2)ccn1. The Morgan fingerprint density at radius 1 is 1.26 bits per heavy atom. The molecule has 0 bridgehead atoms. The molecule has 0 aliphatic carbocycles. The molecule has 0 amide bonds. The van der Waals surface area contributed by atoms with Crippen LogP contribution in [-0.2, 0) is 6.61 Å². The van der Waals surface area contributed by atoms with E-state index in [-0.39, 0.29) is 5.82 Å². The summed E-state index contributed by atoms with van der Waals surface area (Å²) in [5.74, 6) is 1.07. The highest BCUT2D eigenvalue weighted by Gasteiger charge is 2.00. The fourth-order valence-corrected chi connectivity index (χ4v) is 1.64. The first-order valence-electron chi connectivity index (χ1n) is 6.35. The summed E-state index contributed by atoms with van der Waals surface area (Å²) in [4.78, 5) is 4.22. The van der Waals surface area contributed by atoms with E-state index >= 15 is 0 Å². The zero-order chi connectivity index (χ0) is 13.5. The van der Waals surface area contributed by atoms with Crippen LogP contribution in [0.1, 0.15) is 18.9 Å². The highest BCUT2D eigenvalue weighted by Crippen LogP contribution is 2.15. The number of nitrogens with zero attached hydrogens (tertiary/aromatic N) is 1. The van der Waals surface area contributed by atoms with Gasteiger partial charge in [0.25, 0.3) is 0 Å². The predicted molar refractivity (Wildman–Crippen MR) is 73.7 cm³/mol. The number of hydrogen-bond donors (Lipinski definition) is 1. The van der Waals surface area contributed by atoms with Gasteiger partial charge in [0.2, 0.25) is 0 Å². The topological polar surface area (TPSA) is 34.1 Å². The number of rotatable bonds is 6. The molecule has 0 unspecified atom stereocenters. The molecule has 100 valence electrons. The quantitative estimate of drug-likeness (QED) is 0.861. The molecule has 0 aliphatic heterocycles. The lowest BCUT2D eigenvalue weighted by molar-refractivity contribution is 0.304. The number of halogens is 1. The first-order valence-corrected chi connectivity index (χ1v) is 6.35. The Balaban J connectivity index is 1.95. The lowest BCUT2D eigenvalue weighted by Gasteiger charge is -2.08. The van der Waals surface area contributed by atoms with Crippen LogP contribution in [0.15, 0.2) is 42.6 Å². The fourth-order valence-electron chi connectivity index (χ4n) is 1.64. The van der Waals surface area contributed by atoms with Crippen LogP contribution in [0.3, 0.4) is 0 Å². The van der Waals surface area contributed by atoms with E-state index in [9.17, 15) is 4.39 Å². The summed E-state index contributed by atoms with van der Waals surface area (Å²) in [6.45, 7) is 3.39. The van der Waals surface area contributed by atoms with Gasteiger partial charge in [-0.25, -0.2) is 9.37 Å². The lowest BCUT2D eigenvalue weighted by Crippen LogP contribution is -2.03. The van der Waals surface area contributed by atoms with Crippen molar-refractivity contribution in [2.75, 3.05) is 11.9 Å². The van der Waals surface area contributed by atoms with Crippen molar-refractivity contribution in [2.24, 2.45) is 0 Å². The molecular weight excluding hydrogens is 243 g/mol. The maximum atomic E-state index is 13.0. The molecule has 0 radical (unpaired) electrons. The number of pyridine rings is 1. The molecule has 0 aliphatic rings. The third-order valence-corrected chi connectivity index (χ3v) is 2.58. The van der Waals surface area contributed by atoms with E-state index in [2.05, 4.69) is 17.2 Å². The van der Waals surface area contributed by atoms with E-state index in [1.54, 1.807) is 18.3 Å². The highest BCUT2D eigenvalue weighted by atomic mass is 19.1. The largest absolute Gasteiger partial charge is 0.489 e. The molecule has 0 saturated heterocycles. The molecule has 2 rings (SSSR count). The van der Waals surface area contributed by atoms with Crippen LogP contribution < -0.4 is 10.1 Å². The molecule has 0 spiro atoms. The van der Waals surface area contributed by atoms with Crippen LogP contribution in [-0.4, -0.2) is 11.5 Å². The Morgan fingerprint density at radius 3 is 2.95 bits per heavy atom. The lowest BCUT2D eigenvalue weighted by atomic mass is 10.2. The summed E-state index contributed by atoms with van der Waals surface area (Å²) >= 11 is 0. The highest BCUT2D eigenvalue weighted by molar-refractivity contribution is 5.37. The van der Waals surface area contributed by atoms with Crippen LogP contribution in [0, 0.1) is 5.82 Å². The van der Waals surface area contributed by atoms with Gasteiger partial charge in [0.1, 0.15) is 24.0 Å². The van der Waals surface area contributed by atoms with Crippen molar-refractivity contribution >= 4 is 5.82 Å². The van der Waals surface area contributed by atoms with Crippen molar-refractivity contribution < 1.29 is 9.13 Å². The first-order chi connectivity index (χ1) is 9.28. The molecule has 2 aromatic rings. The number of benzene rings is 1. The van der Waals surface area contributed by atoms with E-state index in [0.29, 0.717) is 12.4 Å². The molecule has 4 heteroatoms. The van der Waals surface area contributed by atoms with Gasteiger partial charge >= 0.3 is 0 Å². The summed E-state index contributed by atoms with van der Waals surface area (Å²) in [7, 11) is 0. The number of ether oxygens (including phenoxy) is 1. The fraction of sp³-hybridized carbons (Fsp3) is 0.267. The minimum Gasteiger partial charge on any atom is -0.489 e. The average molecular weight is 260 g/mol. The van der Waals surface area contributed by atoms with E-state index < -0.39 is 0 Å². The van der Waals surface area contributed by atoms with Gasteiger partial charge in [-0.2, -0.15) is 0 Å². The molecule has 19 heavy (non-hydrogen) atoms. The second-order valence-corrected chi connectivity index (χ2v) is 4.22. The molecule has 0 atom stereocenters. The van der Waals surface area contributed by atoms with E-state index in [1.807, 2.05) is 12.1 Å². The predicted octanol–water partition coefficient (Wildman–Crippen LogP) is 3.62. The minimum atomic E-state index is -0.294. The monoisotopic (exact) mass is 260 g/mol. The van der Waals surface area contributed by atoms with Crippen molar-refractivity contribution in [1.29, 1.82) is 0 Å². The van der Waals surface area contributed by atoms with Gasteiger partial charge < -0.3 is 10.1 Å². The normalized spacial score (nSPS) is 10.2. The number of aromatic nitrogens is 1. The molecule has 1 aromatic carbocycles. The Labute approximate surface area is 112 Å². The van der Waals surface area contributed by atoms with Gasteiger partial charge in [0, 0.05) is 18.8 Å². The van der Waals surface area contributed by atoms with Gasteiger partial charge in [0.15, 0.2) is 0 Å². The van der Waals surface area contributed by atoms with E-state index in [0.717, 1.165) is 24.3 Å². The van der Waals surface area contributed by atoms with Crippen molar-refractivity contribution in [3.8, 4) is 5.75 Å². The van der Waals surface area contributed by atoms with Crippen LogP contribution in [0.25, 0.3) is 0 Å². The van der Waals surface area contributed by atoms with Crippen molar-refractivity contribution in [2.45, 2.75) is 20.0 Å². The van der Waals surface area contributed by atoms with Crippen LogP contribution in [0.5, 0.6) is 5.75 Å². The molecule has 1 aromatic heterocycles. The van der Waals surface area contributed by atoms with Gasteiger partial charge in [-0.1, -0.05) is 13.0 Å². The summed E-state index contributed by atoms with van der Waals surface area (Å²) in [5, 5.41) is 3.22. The average Bonchev–Trinajstić information content (AvgIpc) is 2.43. The number of anilines is 1. The minimum absolute atomic E-state index is 0.294. The van der Waals surface area contributed by atoms with E-state index in [4.69, 9.17) is 4.74 Å². The molecule has 0 saturated carbocycles. The molecule has 1 N–H and O–H groups in total. The zero-order valence-corrected chi connectivity index (χ0v) is 10.9. The summed E-state index contributed by atoms with van der Waals surface area (Å²) < 4.78 is 18.5. The smallest absolute Gasteiger partial charge is 0.126 e. The van der Waals surface area contributed by atoms with Crippen molar-refractivity contribution in [3.05, 3.63) is 54.0 Å². The van der Waals surface area contributed by atoms with Crippen LogP contribution in [0.4, 0.5) is 10.2 Å². The Kier molecular flexibility index (Phi) is 4.72. The Morgan fingerprint density at radius 2 is 2.16 bits per heavy atom. The number of hydrogen-bond acceptors (Lipinski definition) is 3. The van der Waals surface area contributed by atoms with Crippen molar-refractivity contribution in [3.63, 3.8) is 0 Å². The van der Waals surface area contributed by atoms with Gasteiger partial charge in [-0.05, 0) is 36.2 Å². The maximum absolute atomic E-state index is 13.0. The second-order valence-electron chi connectivity index (χ2n) is 4.22. The maximum Gasteiger partial charge on any atom is 0.126 e. The summed E-state index contributed by atoms with van der Waals surface area (Å²) in [6, 6.07) is 9.96. The molecular formula is C15H17FN2O. The molecule has 3 nitrogen and oxygen atoms in total. The summed E-state index contributed by atoms with van der Waals surface area (Å²) in [5.41, 5.74) is 0.998. The van der Waals surface area contributed by atoms with Crippen molar-refractivity contribution in [1.82, 2.24) is 4.98 Å². The second kappa shape index (κ2) is 6.73. The van der Waals surface area contributed by atoms with Gasteiger partial charge in [0.05, 0.1) is 0 Å². The van der Waals surface area contributed by atoms with Gasteiger partial charge in [-0.3, -0.25) is 0 Å². The Bertz CT molecular complexity index is 531. The van der Waals surface area contributed by atoms with Gasteiger partial charge in [-0.15, -0.1) is 0 Å².